The highest BCUT2D eigenvalue weighted by Crippen LogP contribution is 2.20. The molecule has 1 rings (SSSR count). The molecule has 0 saturated carbocycles. The van der Waals surface area contributed by atoms with Gasteiger partial charge in [-0.2, -0.15) is 0 Å². The standard InChI is InChI=1S/C9H12BrN.ClH/c1-9(2,11)7-4-3-5-8(10)6-7;/h3-6H,11H2,1-2H3;1H. The van der Waals surface area contributed by atoms with E-state index in [-0.39, 0.29) is 17.9 Å². The van der Waals surface area contributed by atoms with Crippen LogP contribution >= 0.6 is 28.3 Å². The average molecular weight is 251 g/mol. The molecular weight excluding hydrogens is 237 g/mol. The van der Waals surface area contributed by atoms with Gasteiger partial charge in [0.1, 0.15) is 0 Å². The Labute approximate surface area is 87.9 Å². The summed E-state index contributed by atoms with van der Waals surface area (Å²) < 4.78 is 1.08. The second kappa shape index (κ2) is 4.26. The Kier molecular flexibility index (Phi) is 4.24. The minimum atomic E-state index is -0.246. The molecule has 0 aliphatic rings. The third-order valence-electron chi connectivity index (χ3n) is 1.57. The van der Waals surface area contributed by atoms with Crippen molar-refractivity contribution in [2.24, 2.45) is 5.73 Å². The molecule has 0 radical (unpaired) electrons. The lowest BCUT2D eigenvalue weighted by atomic mass is 9.96. The first kappa shape index (κ1) is 11.9. The van der Waals surface area contributed by atoms with Gasteiger partial charge in [0.15, 0.2) is 0 Å². The molecule has 68 valence electrons. The van der Waals surface area contributed by atoms with Crippen molar-refractivity contribution in [2.45, 2.75) is 19.4 Å². The zero-order valence-electron chi connectivity index (χ0n) is 7.17. The molecular formula is C9H13BrClN. The number of halogens is 2. The summed E-state index contributed by atoms with van der Waals surface area (Å²) in [5, 5.41) is 0. The molecule has 1 nitrogen and oxygen atoms in total. The maximum atomic E-state index is 5.90. The molecule has 3 heteroatoms. The van der Waals surface area contributed by atoms with Crippen LogP contribution in [0.1, 0.15) is 19.4 Å². The molecule has 1 aromatic rings. The SMILES string of the molecule is CC(C)(N)c1cccc(Br)c1.Cl. The van der Waals surface area contributed by atoms with Crippen LogP contribution in [0.4, 0.5) is 0 Å². The van der Waals surface area contributed by atoms with E-state index in [2.05, 4.69) is 15.9 Å². The third-order valence-corrected chi connectivity index (χ3v) is 2.06. The topological polar surface area (TPSA) is 26.0 Å². The predicted octanol–water partition coefficient (Wildman–Crippen LogP) is 3.06. The fourth-order valence-corrected chi connectivity index (χ4v) is 1.29. The Morgan fingerprint density at radius 1 is 1.33 bits per heavy atom. The summed E-state index contributed by atoms with van der Waals surface area (Å²) in [4.78, 5) is 0. The number of benzene rings is 1. The van der Waals surface area contributed by atoms with Crippen molar-refractivity contribution in [3.63, 3.8) is 0 Å². The predicted molar refractivity (Wildman–Crippen MR) is 58.6 cm³/mol. The van der Waals surface area contributed by atoms with Crippen molar-refractivity contribution < 1.29 is 0 Å². The van der Waals surface area contributed by atoms with Gasteiger partial charge in [0.25, 0.3) is 0 Å². The van der Waals surface area contributed by atoms with E-state index < -0.39 is 0 Å². The molecule has 0 aliphatic heterocycles. The maximum absolute atomic E-state index is 5.90. The number of hydrogen-bond donors (Lipinski definition) is 1. The van der Waals surface area contributed by atoms with E-state index in [1.807, 2.05) is 38.1 Å². The van der Waals surface area contributed by atoms with Crippen LogP contribution in [0, 0.1) is 0 Å². The van der Waals surface area contributed by atoms with Crippen LogP contribution in [0.2, 0.25) is 0 Å². The van der Waals surface area contributed by atoms with E-state index in [4.69, 9.17) is 5.73 Å². The van der Waals surface area contributed by atoms with Crippen molar-refractivity contribution in [3.05, 3.63) is 34.3 Å². The minimum absolute atomic E-state index is 0. The molecule has 0 unspecified atom stereocenters. The van der Waals surface area contributed by atoms with Gasteiger partial charge in [-0.25, -0.2) is 0 Å². The molecule has 0 bridgehead atoms. The van der Waals surface area contributed by atoms with E-state index in [0.717, 1.165) is 10.0 Å². The molecule has 2 N–H and O–H groups in total. The summed E-state index contributed by atoms with van der Waals surface area (Å²) in [5.74, 6) is 0. The molecule has 0 fully saturated rings. The number of hydrogen-bond acceptors (Lipinski definition) is 1. The molecule has 1 aromatic carbocycles. The van der Waals surface area contributed by atoms with Crippen LogP contribution in [0.25, 0.3) is 0 Å². The van der Waals surface area contributed by atoms with Crippen LogP contribution in [-0.4, -0.2) is 0 Å². The van der Waals surface area contributed by atoms with Gasteiger partial charge in [0.2, 0.25) is 0 Å². The first-order chi connectivity index (χ1) is 5.00. The first-order valence-electron chi connectivity index (χ1n) is 3.55. The van der Waals surface area contributed by atoms with Crippen molar-refractivity contribution in [2.75, 3.05) is 0 Å². The summed E-state index contributed by atoms with van der Waals surface area (Å²) in [6, 6.07) is 8.06. The highest BCUT2D eigenvalue weighted by Gasteiger charge is 2.12. The number of rotatable bonds is 1. The van der Waals surface area contributed by atoms with Crippen LogP contribution < -0.4 is 5.73 Å². The molecule has 12 heavy (non-hydrogen) atoms. The second-order valence-corrected chi connectivity index (χ2v) is 4.15. The van der Waals surface area contributed by atoms with E-state index in [9.17, 15) is 0 Å². The molecule has 0 amide bonds. The van der Waals surface area contributed by atoms with E-state index in [1.165, 1.54) is 0 Å². The van der Waals surface area contributed by atoms with Gasteiger partial charge in [-0.3, -0.25) is 0 Å². The van der Waals surface area contributed by atoms with E-state index in [1.54, 1.807) is 0 Å². The van der Waals surface area contributed by atoms with Gasteiger partial charge in [-0.05, 0) is 31.5 Å². The van der Waals surface area contributed by atoms with Crippen molar-refractivity contribution in [1.82, 2.24) is 0 Å². The summed E-state index contributed by atoms with van der Waals surface area (Å²) in [7, 11) is 0. The smallest absolute Gasteiger partial charge is 0.0352 e. The lowest BCUT2D eigenvalue weighted by molar-refractivity contribution is 0.554. The minimum Gasteiger partial charge on any atom is -0.322 e. The van der Waals surface area contributed by atoms with Crippen molar-refractivity contribution >= 4 is 28.3 Å². The largest absolute Gasteiger partial charge is 0.322 e. The Morgan fingerprint density at radius 2 is 1.92 bits per heavy atom. The van der Waals surface area contributed by atoms with Crippen LogP contribution in [0.3, 0.4) is 0 Å². The fourth-order valence-electron chi connectivity index (χ4n) is 0.889. The van der Waals surface area contributed by atoms with E-state index >= 15 is 0 Å². The van der Waals surface area contributed by atoms with Gasteiger partial charge >= 0.3 is 0 Å². The lowest BCUT2D eigenvalue weighted by Gasteiger charge is -2.18. The van der Waals surface area contributed by atoms with Crippen LogP contribution in [0.15, 0.2) is 28.7 Å². The molecule has 0 atom stereocenters. The fraction of sp³-hybridized carbons (Fsp3) is 0.333. The van der Waals surface area contributed by atoms with Gasteiger partial charge in [0, 0.05) is 10.0 Å². The third kappa shape index (κ3) is 3.13. The van der Waals surface area contributed by atoms with Crippen LogP contribution in [-0.2, 0) is 5.54 Å². The Morgan fingerprint density at radius 3 is 2.25 bits per heavy atom. The lowest BCUT2D eigenvalue weighted by Crippen LogP contribution is -2.28. The van der Waals surface area contributed by atoms with Gasteiger partial charge < -0.3 is 5.73 Å². The van der Waals surface area contributed by atoms with E-state index in [0.29, 0.717) is 0 Å². The highest BCUT2D eigenvalue weighted by molar-refractivity contribution is 9.10. The summed E-state index contributed by atoms with van der Waals surface area (Å²) in [6.45, 7) is 3.99. The Bertz CT molecular complexity index is 255. The summed E-state index contributed by atoms with van der Waals surface area (Å²) in [6.07, 6.45) is 0. The summed E-state index contributed by atoms with van der Waals surface area (Å²) in [5.41, 5.74) is 6.80. The Balaban J connectivity index is 0.00000121. The molecule has 0 aliphatic carbocycles. The van der Waals surface area contributed by atoms with Crippen LogP contribution in [0.5, 0.6) is 0 Å². The average Bonchev–Trinajstić information content (AvgIpc) is 1.86. The number of nitrogens with two attached hydrogens (primary N) is 1. The maximum Gasteiger partial charge on any atom is 0.0352 e. The second-order valence-electron chi connectivity index (χ2n) is 3.23. The highest BCUT2D eigenvalue weighted by atomic mass is 79.9. The monoisotopic (exact) mass is 249 g/mol. The van der Waals surface area contributed by atoms with Gasteiger partial charge in [-0.1, -0.05) is 28.1 Å². The van der Waals surface area contributed by atoms with Crippen molar-refractivity contribution in [1.29, 1.82) is 0 Å². The quantitative estimate of drug-likeness (QED) is 0.814. The summed E-state index contributed by atoms with van der Waals surface area (Å²) >= 11 is 3.40. The molecule has 0 heterocycles. The first-order valence-corrected chi connectivity index (χ1v) is 4.34. The van der Waals surface area contributed by atoms with Gasteiger partial charge in [0.05, 0.1) is 0 Å². The zero-order valence-corrected chi connectivity index (χ0v) is 9.58. The zero-order chi connectivity index (χ0) is 8.48. The van der Waals surface area contributed by atoms with Crippen molar-refractivity contribution in [3.8, 4) is 0 Å². The van der Waals surface area contributed by atoms with Gasteiger partial charge in [-0.15, -0.1) is 12.4 Å². The molecule has 0 spiro atoms. The molecule has 0 aromatic heterocycles. The molecule has 0 saturated heterocycles. The Hall–Kier alpha value is -0.0500. The normalized spacial score (nSPS) is 10.7.